The van der Waals surface area contributed by atoms with Gasteiger partial charge in [0.2, 0.25) is 11.8 Å². The molecule has 2 amide bonds. The lowest BCUT2D eigenvalue weighted by Gasteiger charge is -2.32. The van der Waals surface area contributed by atoms with Crippen molar-refractivity contribution in [1.82, 2.24) is 0 Å². The topological polar surface area (TPSA) is 52.7 Å². The lowest BCUT2D eigenvalue weighted by molar-refractivity contribution is -0.120. The Morgan fingerprint density at radius 1 is 1.14 bits per heavy atom. The van der Waals surface area contributed by atoms with E-state index >= 15 is 0 Å². The van der Waals surface area contributed by atoms with Crippen LogP contribution in [0.3, 0.4) is 0 Å². The van der Waals surface area contributed by atoms with E-state index < -0.39 is 5.82 Å². The predicted molar refractivity (Wildman–Crippen MR) is 110 cm³/mol. The molecule has 1 heterocycles. The predicted octanol–water partition coefficient (Wildman–Crippen LogP) is 4.05. The fourth-order valence-electron chi connectivity index (χ4n) is 3.39. The number of nitrogens with one attached hydrogen (secondary N) is 1. The third-order valence-electron chi connectivity index (χ3n) is 5.10. The number of rotatable bonds is 5. The summed E-state index contributed by atoms with van der Waals surface area (Å²) in [4.78, 5) is 27.9. The molecule has 148 valence electrons. The van der Waals surface area contributed by atoms with Crippen molar-refractivity contribution in [1.29, 1.82) is 0 Å². The number of anilines is 3. The molecule has 1 fully saturated rings. The molecule has 0 aliphatic carbocycles. The molecule has 0 aromatic heterocycles. The average Bonchev–Trinajstić information content (AvgIpc) is 2.67. The summed E-state index contributed by atoms with van der Waals surface area (Å²) >= 11 is 0. The molecular weight excluding hydrogens is 357 g/mol. The number of halogens is 1. The lowest BCUT2D eigenvalue weighted by atomic mass is 9.99. The fraction of sp³-hybridized carbons (Fsp3) is 0.364. The van der Waals surface area contributed by atoms with Crippen LogP contribution in [0.1, 0.15) is 26.7 Å². The van der Waals surface area contributed by atoms with Crippen LogP contribution < -0.4 is 15.1 Å². The highest BCUT2D eigenvalue weighted by atomic mass is 19.1. The van der Waals surface area contributed by atoms with Gasteiger partial charge in [-0.25, -0.2) is 4.39 Å². The summed E-state index contributed by atoms with van der Waals surface area (Å²) in [6.07, 6.45) is 2.39. The molecule has 5 nitrogen and oxygen atoms in total. The Morgan fingerprint density at radius 3 is 2.43 bits per heavy atom. The van der Waals surface area contributed by atoms with Gasteiger partial charge in [-0.1, -0.05) is 13.0 Å². The monoisotopic (exact) mass is 383 g/mol. The van der Waals surface area contributed by atoms with Gasteiger partial charge in [0.15, 0.2) is 0 Å². The van der Waals surface area contributed by atoms with E-state index in [-0.39, 0.29) is 18.4 Å². The van der Waals surface area contributed by atoms with Crippen molar-refractivity contribution in [2.75, 3.05) is 34.8 Å². The Bertz CT molecular complexity index is 830. The molecule has 28 heavy (non-hydrogen) atoms. The van der Waals surface area contributed by atoms with E-state index in [4.69, 9.17) is 0 Å². The van der Waals surface area contributed by atoms with Gasteiger partial charge < -0.3 is 15.1 Å². The SMILES string of the molecule is CC(=O)N(CC(=O)Nc1ccc(N2CCC(C)CC2)cc1)c1cccc(F)c1. The van der Waals surface area contributed by atoms with E-state index in [1.165, 1.54) is 42.9 Å². The molecule has 0 saturated carbocycles. The second kappa shape index (κ2) is 8.87. The van der Waals surface area contributed by atoms with Crippen LogP contribution in [0.25, 0.3) is 0 Å². The van der Waals surface area contributed by atoms with E-state index in [0.29, 0.717) is 11.4 Å². The summed E-state index contributed by atoms with van der Waals surface area (Å²) in [5.74, 6) is -0.335. The number of carbonyl (C=O) groups excluding carboxylic acids is 2. The molecule has 1 N–H and O–H groups in total. The molecule has 1 saturated heterocycles. The number of amides is 2. The summed E-state index contributed by atoms with van der Waals surface area (Å²) in [6, 6.07) is 13.4. The molecule has 2 aromatic rings. The van der Waals surface area contributed by atoms with Gasteiger partial charge in [0.05, 0.1) is 0 Å². The largest absolute Gasteiger partial charge is 0.372 e. The zero-order chi connectivity index (χ0) is 20.1. The van der Waals surface area contributed by atoms with Gasteiger partial charge >= 0.3 is 0 Å². The zero-order valence-corrected chi connectivity index (χ0v) is 16.3. The molecule has 6 heteroatoms. The maximum absolute atomic E-state index is 13.4. The van der Waals surface area contributed by atoms with Gasteiger partial charge in [0, 0.05) is 37.1 Å². The van der Waals surface area contributed by atoms with E-state index in [0.717, 1.165) is 24.7 Å². The molecule has 0 radical (unpaired) electrons. The lowest BCUT2D eigenvalue weighted by Crippen LogP contribution is -2.36. The normalized spacial score (nSPS) is 14.6. The molecule has 3 rings (SSSR count). The fourth-order valence-corrected chi connectivity index (χ4v) is 3.39. The van der Waals surface area contributed by atoms with Gasteiger partial charge in [0.1, 0.15) is 12.4 Å². The van der Waals surface area contributed by atoms with E-state index in [9.17, 15) is 14.0 Å². The van der Waals surface area contributed by atoms with Gasteiger partial charge in [0.25, 0.3) is 0 Å². The first-order valence-electron chi connectivity index (χ1n) is 9.61. The van der Waals surface area contributed by atoms with Crippen LogP contribution in [-0.4, -0.2) is 31.4 Å². The summed E-state index contributed by atoms with van der Waals surface area (Å²) in [6.45, 7) is 5.56. The maximum Gasteiger partial charge on any atom is 0.244 e. The minimum absolute atomic E-state index is 0.176. The van der Waals surface area contributed by atoms with Crippen molar-refractivity contribution in [3.8, 4) is 0 Å². The van der Waals surface area contributed by atoms with Gasteiger partial charge in [-0.2, -0.15) is 0 Å². The molecule has 1 aliphatic rings. The minimum atomic E-state index is -0.452. The zero-order valence-electron chi connectivity index (χ0n) is 16.3. The summed E-state index contributed by atoms with van der Waals surface area (Å²) in [5, 5.41) is 2.80. The van der Waals surface area contributed by atoms with Crippen molar-refractivity contribution in [2.24, 2.45) is 5.92 Å². The second-order valence-electron chi connectivity index (χ2n) is 7.35. The molecule has 2 aromatic carbocycles. The second-order valence-corrected chi connectivity index (χ2v) is 7.35. The third kappa shape index (κ3) is 5.09. The maximum atomic E-state index is 13.4. The molecule has 0 unspecified atom stereocenters. The van der Waals surface area contributed by atoms with Crippen LogP contribution in [0.5, 0.6) is 0 Å². The number of nitrogens with zero attached hydrogens (tertiary/aromatic N) is 2. The number of carbonyl (C=O) groups is 2. The Hall–Kier alpha value is -2.89. The molecule has 0 bridgehead atoms. The Morgan fingerprint density at radius 2 is 1.82 bits per heavy atom. The summed E-state index contributed by atoms with van der Waals surface area (Å²) < 4.78 is 13.4. The highest BCUT2D eigenvalue weighted by molar-refractivity contribution is 6.01. The van der Waals surface area contributed by atoms with Gasteiger partial charge in [-0.3, -0.25) is 9.59 Å². The van der Waals surface area contributed by atoms with Crippen LogP contribution in [0, 0.1) is 11.7 Å². The van der Waals surface area contributed by atoms with Gasteiger partial charge in [-0.05, 0) is 61.2 Å². The number of piperidine rings is 1. The average molecular weight is 383 g/mol. The van der Waals surface area contributed by atoms with Crippen LogP contribution in [0.15, 0.2) is 48.5 Å². The Balaban J connectivity index is 1.61. The van der Waals surface area contributed by atoms with E-state index in [2.05, 4.69) is 17.1 Å². The summed E-state index contributed by atoms with van der Waals surface area (Å²) in [5.41, 5.74) is 2.18. The highest BCUT2D eigenvalue weighted by Crippen LogP contribution is 2.24. The van der Waals surface area contributed by atoms with Crippen molar-refractivity contribution >= 4 is 28.9 Å². The number of hydrogen-bond donors (Lipinski definition) is 1. The quantitative estimate of drug-likeness (QED) is 0.847. The van der Waals surface area contributed by atoms with Crippen molar-refractivity contribution < 1.29 is 14.0 Å². The van der Waals surface area contributed by atoms with Crippen LogP contribution in [0.2, 0.25) is 0 Å². The third-order valence-corrected chi connectivity index (χ3v) is 5.10. The van der Waals surface area contributed by atoms with Crippen molar-refractivity contribution in [2.45, 2.75) is 26.7 Å². The van der Waals surface area contributed by atoms with E-state index in [1.807, 2.05) is 24.3 Å². The van der Waals surface area contributed by atoms with E-state index in [1.54, 1.807) is 6.07 Å². The first-order valence-corrected chi connectivity index (χ1v) is 9.61. The molecule has 1 aliphatic heterocycles. The standard InChI is InChI=1S/C22H26FN3O2/c1-16-10-12-25(13-11-16)20-8-6-19(7-9-20)24-22(28)15-26(17(2)27)21-5-3-4-18(23)14-21/h3-9,14,16H,10-13,15H2,1-2H3,(H,24,28). The summed E-state index contributed by atoms with van der Waals surface area (Å²) in [7, 11) is 0. The molecule has 0 atom stereocenters. The van der Waals surface area contributed by atoms with Crippen LogP contribution in [-0.2, 0) is 9.59 Å². The van der Waals surface area contributed by atoms with Crippen LogP contribution in [0.4, 0.5) is 21.5 Å². The minimum Gasteiger partial charge on any atom is -0.372 e. The number of hydrogen-bond acceptors (Lipinski definition) is 3. The van der Waals surface area contributed by atoms with Crippen molar-refractivity contribution in [3.05, 3.63) is 54.3 Å². The first kappa shape index (κ1) is 19.9. The Labute approximate surface area is 165 Å². The molecular formula is C22H26FN3O2. The smallest absolute Gasteiger partial charge is 0.244 e. The van der Waals surface area contributed by atoms with Crippen molar-refractivity contribution in [3.63, 3.8) is 0 Å². The molecule has 0 spiro atoms. The van der Waals surface area contributed by atoms with Gasteiger partial charge in [-0.15, -0.1) is 0 Å². The highest BCUT2D eigenvalue weighted by Gasteiger charge is 2.18. The first-order chi connectivity index (χ1) is 13.4. The number of benzene rings is 2. The van der Waals surface area contributed by atoms with Crippen LogP contribution >= 0.6 is 0 Å². The Kier molecular flexibility index (Phi) is 6.29.